The predicted molar refractivity (Wildman–Crippen MR) is 64.6 cm³/mol. The van der Waals surface area contributed by atoms with Crippen LogP contribution in [0.1, 0.15) is 16.8 Å². The Morgan fingerprint density at radius 3 is 2.83 bits per heavy atom. The molecule has 7 nitrogen and oxygen atoms in total. The smallest absolute Gasteiger partial charge is 0.337 e. The van der Waals surface area contributed by atoms with Crippen LogP contribution in [0.25, 0.3) is 0 Å². The summed E-state index contributed by atoms with van der Waals surface area (Å²) in [6.45, 7) is 0.361. The number of benzene rings is 1. The van der Waals surface area contributed by atoms with Crippen molar-refractivity contribution in [3.63, 3.8) is 0 Å². The van der Waals surface area contributed by atoms with Gasteiger partial charge in [-0.3, -0.25) is 10.1 Å². The summed E-state index contributed by atoms with van der Waals surface area (Å²) in [5, 5.41) is 22.3. The highest BCUT2D eigenvalue weighted by atomic mass is 16.6. The fourth-order valence-corrected chi connectivity index (χ4v) is 1.38. The minimum atomic E-state index is -0.560. The summed E-state index contributed by atoms with van der Waals surface area (Å²) in [5.41, 5.74) is 0.339. The zero-order valence-electron chi connectivity index (χ0n) is 9.88. The Kier molecular flexibility index (Phi) is 5.06. The lowest BCUT2D eigenvalue weighted by Gasteiger charge is -2.07. The van der Waals surface area contributed by atoms with Gasteiger partial charge in [0.25, 0.3) is 5.69 Å². The Bertz CT molecular complexity index is 447. The van der Waals surface area contributed by atoms with E-state index in [1.54, 1.807) is 0 Å². The Labute approximate surface area is 104 Å². The Hall–Kier alpha value is -2.15. The molecule has 1 aromatic rings. The van der Waals surface area contributed by atoms with Crippen molar-refractivity contribution in [2.45, 2.75) is 6.42 Å². The second-order valence-electron chi connectivity index (χ2n) is 3.48. The molecule has 18 heavy (non-hydrogen) atoms. The zero-order chi connectivity index (χ0) is 13.5. The number of anilines is 1. The van der Waals surface area contributed by atoms with Crippen LogP contribution in [0.2, 0.25) is 0 Å². The molecule has 0 fully saturated rings. The maximum Gasteiger partial charge on any atom is 0.337 e. The van der Waals surface area contributed by atoms with Gasteiger partial charge in [0.15, 0.2) is 0 Å². The molecule has 0 heterocycles. The van der Waals surface area contributed by atoms with Crippen molar-refractivity contribution >= 4 is 17.3 Å². The Morgan fingerprint density at radius 2 is 2.28 bits per heavy atom. The van der Waals surface area contributed by atoms with Gasteiger partial charge in [0.2, 0.25) is 0 Å². The molecule has 0 spiro atoms. The number of methoxy groups -OCH3 is 1. The largest absolute Gasteiger partial charge is 0.465 e. The van der Waals surface area contributed by atoms with Crippen molar-refractivity contribution in [3.8, 4) is 0 Å². The second-order valence-corrected chi connectivity index (χ2v) is 3.48. The first-order chi connectivity index (χ1) is 8.60. The van der Waals surface area contributed by atoms with E-state index in [2.05, 4.69) is 10.1 Å². The highest BCUT2D eigenvalue weighted by molar-refractivity contribution is 5.91. The van der Waals surface area contributed by atoms with Gasteiger partial charge in [0.1, 0.15) is 5.69 Å². The van der Waals surface area contributed by atoms with Gasteiger partial charge in [-0.2, -0.15) is 0 Å². The van der Waals surface area contributed by atoms with Gasteiger partial charge in [0.05, 0.1) is 17.6 Å². The maximum atomic E-state index is 11.3. The van der Waals surface area contributed by atoms with E-state index >= 15 is 0 Å². The number of carbonyl (C=O) groups is 1. The molecule has 1 rings (SSSR count). The van der Waals surface area contributed by atoms with Crippen molar-refractivity contribution in [1.29, 1.82) is 0 Å². The molecule has 0 saturated carbocycles. The third-order valence-electron chi connectivity index (χ3n) is 2.26. The van der Waals surface area contributed by atoms with Crippen molar-refractivity contribution in [2.24, 2.45) is 0 Å². The average Bonchev–Trinajstić information content (AvgIpc) is 2.37. The molecule has 0 saturated heterocycles. The van der Waals surface area contributed by atoms with Crippen molar-refractivity contribution in [1.82, 2.24) is 0 Å². The lowest BCUT2D eigenvalue weighted by molar-refractivity contribution is -0.384. The average molecular weight is 254 g/mol. The summed E-state index contributed by atoms with van der Waals surface area (Å²) in [4.78, 5) is 21.6. The van der Waals surface area contributed by atoms with Gasteiger partial charge in [-0.15, -0.1) is 0 Å². The molecule has 0 unspecified atom stereocenters. The summed E-state index contributed by atoms with van der Waals surface area (Å²) in [5.74, 6) is -0.560. The molecule has 0 amide bonds. The van der Waals surface area contributed by atoms with Crippen molar-refractivity contribution in [2.75, 3.05) is 25.6 Å². The van der Waals surface area contributed by atoms with E-state index < -0.39 is 10.9 Å². The quantitative estimate of drug-likeness (QED) is 0.342. The van der Waals surface area contributed by atoms with Crippen LogP contribution < -0.4 is 5.32 Å². The third-order valence-corrected chi connectivity index (χ3v) is 2.26. The highest BCUT2D eigenvalue weighted by Gasteiger charge is 2.16. The summed E-state index contributed by atoms with van der Waals surface area (Å²) in [6.07, 6.45) is 0.458. The number of rotatable bonds is 6. The minimum Gasteiger partial charge on any atom is -0.465 e. The standard InChI is InChI=1S/C11H14N2O5/c1-18-11(15)8-3-4-10(13(16)17)9(7-8)12-5-2-6-14/h3-4,7,12,14H,2,5-6H2,1H3. The maximum absolute atomic E-state index is 11.3. The summed E-state index contributed by atoms with van der Waals surface area (Å²) in [7, 11) is 1.24. The lowest BCUT2D eigenvalue weighted by Crippen LogP contribution is -2.08. The normalized spacial score (nSPS) is 9.89. The first-order valence-corrected chi connectivity index (χ1v) is 5.31. The van der Waals surface area contributed by atoms with Gasteiger partial charge < -0.3 is 15.2 Å². The number of nitrogens with zero attached hydrogens (tertiary/aromatic N) is 1. The van der Waals surface area contributed by atoms with Crippen molar-refractivity contribution < 1.29 is 19.6 Å². The zero-order valence-corrected chi connectivity index (χ0v) is 9.88. The third kappa shape index (κ3) is 3.42. The van der Waals surface area contributed by atoms with Gasteiger partial charge in [-0.05, 0) is 18.6 Å². The number of aliphatic hydroxyl groups excluding tert-OH is 1. The minimum absolute atomic E-state index is 0.0164. The predicted octanol–water partition coefficient (Wildman–Crippen LogP) is 1.18. The van der Waals surface area contributed by atoms with E-state index in [0.29, 0.717) is 13.0 Å². The van der Waals surface area contributed by atoms with Crippen LogP contribution in [0.4, 0.5) is 11.4 Å². The second kappa shape index (κ2) is 6.55. The monoisotopic (exact) mass is 254 g/mol. The van der Waals surface area contributed by atoms with Crippen LogP contribution in [-0.2, 0) is 4.74 Å². The number of carbonyl (C=O) groups excluding carboxylic acids is 1. The first kappa shape index (κ1) is 13.9. The van der Waals surface area contributed by atoms with E-state index in [4.69, 9.17) is 5.11 Å². The fraction of sp³-hybridized carbons (Fsp3) is 0.364. The number of hydrogen-bond acceptors (Lipinski definition) is 6. The topological polar surface area (TPSA) is 102 Å². The fourth-order valence-electron chi connectivity index (χ4n) is 1.38. The number of ether oxygens (including phenoxy) is 1. The van der Waals surface area contributed by atoms with E-state index in [-0.39, 0.29) is 23.5 Å². The number of esters is 1. The summed E-state index contributed by atoms with van der Waals surface area (Å²) < 4.78 is 4.54. The molecule has 0 aliphatic carbocycles. The molecule has 0 aromatic heterocycles. The lowest BCUT2D eigenvalue weighted by atomic mass is 10.1. The van der Waals surface area contributed by atoms with Gasteiger partial charge in [-0.25, -0.2) is 4.79 Å². The molecule has 0 aliphatic heterocycles. The molecule has 0 radical (unpaired) electrons. The van der Waals surface area contributed by atoms with Gasteiger partial charge in [-0.1, -0.05) is 0 Å². The van der Waals surface area contributed by atoms with Crippen LogP contribution in [-0.4, -0.2) is 36.3 Å². The molecular formula is C11H14N2O5. The van der Waals surface area contributed by atoms with Crippen LogP contribution in [0, 0.1) is 10.1 Å². The SMILES string of the molecule is COC(=O)c1ccc([N+](=O)[O-])c(NCCCO)c1. The number of nitro benzene ring substituents is 1. The molecule has 0 bridgehead atoms. The van der Waals surface area contributed by atoms with E-state index in [9.17, 15) is 14.9 Å². The van der Waals surface area contributed by atoms with Crippen LogP contribution in [0.3, 0.4) is 0 Å². The number of aliphatic hydroxyl groups is 1. The highest BCUT2D eigenvalue weighted by Crippen LogP contribution is 2.25. The van der Waals surface area contributed by atoms with Crippen LogP contribution >= 0.6 is 0 Å². The molecule has 98 valence electrons. The van der Waals surface area contributed by atoms with Crippen molar-refractivity contribution in [3.05, 3.63) is 33.9 Å². The molecule has 0 aliphatic rings. The first-order valence-electron chi connectivity index (χ1n) is 5.31. The Balaban J connectivity index is 2.99. The summed E-state index contributed by atoms with van der Waals surface area (Å²) in [6, 6.07) is 3.94. The summed E-state index contributed by atoms with van der Waals surface area (Å²) >= 11 is 0. The molecule has 7 heteroatoms. The Morgan fingerprint density at radius 1 is 1.56 bits per heavy atom. The number of hydrogen-bond donors (Lipinski definition) is 2. The molecule has 0 atom stereocenters. The van der Waals surface area contributed by atoms with E-state index in [1.165, 1.54) is 25.3 Å². The van der Waals surface area contributed by atoms with Gasteiger partial charge >= 0.3 is 5.97 Å². The van der Waals surface area contributed by atoms with Gasteiger partial charge in [0, 0.05) is 19.2 Å². The van der Waals surface area contributed by atoms with Crippen LogP contribution in [0.5, 0.6) is 0 Å². The molecular weight excluding hydrogens is 240 g/mol. The molecule has 2 N–H and O–H groups in total. The number of nitro groups is 1. The van der Waals surface area contributed by atoms with Crippen LogP contribution in [0.15, 0.2) is 18.2 Å². The number of nitrogens with one attached hydrogen (secondary N) is 1. The van der Waals surface area contributed by atoms with E-state index in [0.717, 1.165) is 0 Å². The van der Waals surface area contributed by atoms with E-state index in [1.807, 2.05) is 0 Å². The molecule has 1 aromatic carbocycles.